The van der Waals surface area contributed by atoms with E-state index in [2.05, 4.69) is 16.0 Å². The highest BCUT2D eigenvalue weighted by atomic mass is 15.0. The fraction of sp³-hybridized carbons (Fsp3) is 0.444. The minimum Gasteiger partial charge on any atom is -0.368 e. The van der Waals surface area contributed by atoms with Gasteiger partial charge in [-0.15, -0.1) is 0 Å². The third-order valence-electron chi connectivity index (χ3n) is 2.05. The van der Waals surface area contributed by atoms with E-state index in [9.17, 15) is 0 Å². The molecule has 1 rings (SSSR count). The summed E-state index contributed by atoms with van der Waals surface area (Å²) in [6.45, 7) is 5.56. The van der Waals surface area contributed by atoms with Crippen molar-refractivity contribution in [2.75, 3.05) is 5.73 Å². The van der Waals surface area contributed by atoms with E-state index in [0.29, 0.717) is 0 Å². The molecule has 4 heteroatoms. The van der Waals surface area contributed by atoms with E-state index in [0.717, 1.165) is 17.0 Å². The lowest BCUT2D eigenvalue weighted by Crippen LogP contribution is -2.06. The van der Waals surface area contributed by atoms with Crippen molar-refractivity contribution in [1.29, 1.82) is 5.26 Å². The largest absolute Gasteiger partial charge is 0.368 e. The molecular weight excluding hydrogens is 164 g/mol. The van der Waals surface area contributed by atoms with Crippen LogP contribution in [0.3, 0.4) is 0 Å². The molecule has 1 atom stereocenters. The third-order valence-corrected chi connectivity index (χ3v) is 2.05. The van der Waals surface area contributed by atoms with Gasteiger partial charge >= 0.3 is 0 Å². The van der Waals surface area contributed by atoms with Gasteiger partial charge in [-0.25, -0.2) is 9.97 Å². The second-order valence-electron chi connectivity index (χ2n) is 3.03. The zero-order valence-corrected chi connectivity index (χ0v) is 8.00. The first kappa shape index (κ1) is 9.46. The van der Waals surface area contributed by atoms with Gasteiger partial charge in [-0.05, 0) is 26.3 Å². The predicted octanol–water partition coefficient (Wildman–Crippen LogP) is 1.30. The van der Waals surface area contributed by atoms with Crippen LogP contribution in [0.4, 0.5) is 5.95 Å². The summed E-state index contributed by atoms with van der Waals surface area (Å²) in [7, 11) is 0. The van der Waals surface area contributed by atoms with Gasteiger partial charge in [-0.3, -0.25) is 0 Å². The van der Waals surface area contributed by atoms with Gasteiger partial charge < -0.3 is 5.73 Å². The minimum atomic E-state index is -0.232. The first-order valence-electron chi connectivity index (χ1n) is 4.06. The van der Waals surface area contributed by atoms with E-state index in [4.69, 9.17) is 11.0 Å². The van der Waals surface area contributed by atoms with E-state index in [-0.39, 0.29) is 11.9 Å². The number of aromatic nitrogens is 2. The molecule has 1 unspecified atom stereocenters. The van der Waals surface area contributed by atoms with Crippen LogP contribution in [0.15, 0.2) is 0 Å². The fourth-order valence-electron chi connectivity index (χ4n) is 1.16. The van der Waals surface area contributed by atoms with Gasteiger partial charge in [0.15, 0.2) is 0 Å². The number of nitriles is 1. The van der Waals surface area contributed by atoms with E-state index in [1.54, 1.807) is 6.92 Å². The zero-order chi connectivity index (χ0) is 10.0. The molecule has 0 bridgehead atoms. The van der Waals surface area contributed by atoms with Gasteiger partial charge in [0.2, 0.25) is 5.95 Å². The molecule has 0 aliphatic heterocycles. The van der Waals surface area contributed by atoms with Crippen LogP contribution in [-0.4, -0.2) is 9.97 Å². The Balaban J connectivity index is 3.30. The lowest BCUT2D eigenvalue weighted by atomic mass is 10.0. The highest BCUT2D eigenvalue weighted by molar-refractivity contribution is 5.34. The first-order valence-corrected chi connectivity index (χ1v) is 4.06. The molecule has 0 radical (unpaired) electrons. The number of aryl methyl sites for hydroxylation is 1. The number of anilines is 1. The molecule has 2 N–H and O–H groups in total. The highest BCUT2D eigenvalue weighted by Crippen LogP contribution is 2.18. The van der Waals surface area contributed by atoms with Crippen LogP contribution in [0.2, 0.25) is 0 Å². The lowest BCUT2D eigenvalue weighted by molar-refractivity contribution is 0.878. The second-order valence-corrected chi connectivity index (χ2v) is 3.03. The van der Waals surface area contributed by atoms with E-state index in [1.807, 2.05) is 13.8 Å². The molecule has 0 saturated carbocycles. The molecule has 0 fully saturated rings. The van der Waals surface area contributed by atoms with Gasteiger partial charge in [0.1, 0.15) is 0 Å². The maximum absolute atomic E-state index is 8.74. The normalized spacial score (nSPS) is 12.2. The standard InChI is InChI=1S/C9H12N4/c1-5(4-10)8-6(2)7(3)12-9(11)13-8/h5H,1-3H3,(H2,11,12,13). The predicted molar refractivity (Wildman–Crippen MR) is 49.9 cm³/mol. The third kappa shape index (κ3) is 1.75. The van der Waals surface area contributed by atoms with Crippen molar-refractivity contribution < 1.29 is 0 Å². The summed E-state index contributed by atoms with van der Waals surface area (Å²) in [4.78, 5) is 8.06. The Bertz CT molecular complexity index is 365. The van der Waals surface area contributed by atoms with Crippen LogP contribution in [-0.2, 0) is 0 Å². The van der Waals surface area contributed by atoms with Crippen LogP contribution in [0.25, 0.3) is 0 Å². The molecule has 68 valence electrons. The summed E-state index contributed by atoms with van der Waals surface area (Å²) in [6.07, 6.45) is 0. The lowest BCUT2D eigenvalue weighted by Gasteiger charge is -2.08. The fourth-order valence-corrected chi connectivity index (χ4v) is 1.16. The van der Waals surface area contributed by atoms with Gasteiger partial charge in [-0.2, -0.15) is 5.26 Å². The molecule has 1 aromatic rings. The van der Waals surface area contributed by atoms with Crippen molar-refractivity contribution in [3.63, 3.8) is 0 Å². The van der Waals surface area contributed by atoms with Gasteiger partial charge in [0.25, 0.3) is 0 Å². The second kappa shape index (κ2) is 3.40. The Morgan fingerprint density at radius 1 is 1.38 bits per heavy atom. The molecule has 0 amide bonds. The number of hydrogen-bond donors (Lipinski definition) is 1. The Morgan fingerprint density at radius 2 is 2.00 bits per heavy atom. The summed E-state index contributed by atoms with van der Waals surface area (Å²) in [6, 6.07) is 2.13. The molecule has 0 aliphatic rings. The van der Waals surface area contributed by atoms with Crippen molar-refractivity contribution >= 4 is 5.95 Å². The number of nitrogens with two attached hydrogens (primary N) is 1. The smallest absolute Gasteiger partial charge is 0.220 e. The van der Waals surface area contributed by atoms with Crippen LogP contribution in [0.5, 0.6) is 0 Å². The molecule has 13 heavy (non-hydrogen) atoms. The molecule has 4 nitrogen and oxygen atoms in total. The van der Waals surface area contributed by atoms with Crippen molar-refractivity contribution in [3.05, 3.63) is 17.0 Å². The van der Waals surface area contributed by atoms with E-state index in [1.165, 1.54) is 0 Å². The van der Waals surface area contributed by atoms with Gasteiger partial charge in [-0.1, -0.05) is 0 Å². The van der Waals surface area contributed by atoms with Crippen LogP contribution < -0.4 is 5.73 Å². The molecule has 1 heterocycles. The molecule has 0 saturated heterocycles. The summed E-state index contributed by atoms with van der Waals surface area (Å²) in [5.74, 6) is 0.00389. The maximum Gasteiger partial charge on any atom is 0.220 e. The van der Waals surface area contributed by atoms with Crippen LogP contribution in [0, 0.1) is 25.2 Å². The van der Waals surface area contributed by atoms with Crippen molar-refractivity contribution in [3.8, 4) is 6.07 Å². The Labute approximate surface area is 77.4 Å². The van der Waals surface area contributed by atoms with E-state index < -0.39 is 0 Å². The molecule has 1 aromatic heterocycles. The highest BCUT2D eigenvalue weighted by Gasteiger charge is 2.12. The molecule has 0 aromatic carbocycles. The molecule has 0 aliphatic carbocycles. The number of rotatable bonds is 1. The van der Waals surface area contributed by atoms with Gasteiger partial charge in [0, 0.05) is 5.69 Å². The zero-order valence-electron chi connectivity index (χ0n) is 8.00. The number of hydrogen-bond acceptors (Lipinski definition) is 4. The number of nitrogens with zero attached hydrogens (tertiary/aromatic N) is 3. The molecular formula is C9H12N4. The summed E-state index contributed by atoms with van der Waals surface area (Å²) < 4.78 is 0. The van der Waals surface area contributed by atoms with E-state index >= 15 is 0 Å². The monoisotopic (exact) mass is 176 g/mol. The summed E-state index contributed by atoms with van der Waals surface area (Å²) in [5, 5.41) is 8.74. The summed E-state index contributed by atoms with van der Waals surface area (Å²) in [5.41, 5.74) is 8.00. The Kier molecular flexibility index (Phi) is 2.47. The Hall–Kier alpha value is -1.63. The van der Waals surface area contributed by atoms with Gasteiger partial charge in [0.05, 0.1) is 17.7 Å². The SMILES string of the molecule is Cc1nc(N)nc(C(C)C#N)c1C. The van der Waals surface area contributed by atoms with Crippen LogP contribution >= 0.6 is 0 Å². The first-order chi connectivity index (χ1) is 6.06. The quantitative estimate of drug-likeness (QED) is 0.699. The minimum absolute atomic E-state index is 0.232. The topological polar surface area (TPSA) is 75.6 Å². The average molecular weight is 176 g/mol. The Morgan fingerprint density at radius 3 is 2.54 bits per heavy atom. The molecule has 0 spiro atoms. The summed E-state index contributed by atoms with van der Waals surface area (Å²) >= 11 is 0. The number of nitrogen functional groups attached to an aromatic ring is 1. The van der Waals surface area contributed by atoms with Crippen molar-refractivity contribution in [2.45, 2.75) is 26.7 Å². The van der Waals surface area contributed by atoms with Crippen LogP contribution in [0.1, 0.15) is 29.8 Å². The van der Waals surface area contributed by atoms with Crippen molar-refractivity contribution in [2.24, 2.45) is 0 Å². The average Bonchev–Trinajstić information content (AvgIpc) is 2.10. The van der Waals surface area contributed by atoms with Crippen molar-refractivity contribution in [1.82, 2.24) is 9.97 Å². The maximum atomic E-state index is 8.74.